The maximum atomic E-state index is 5.92. The summed E-state index contributed by atoms with van der Waals surface area (Å²) in [6, 6.07) is 11.5. The van der Waals surface area contributed by atoms with Crippen LogP contribution in [0.2, 0.25) is 5.02 Å². The summed E-state index contributed by atoms with van der Waals surface area (Å²) in [6.45, 7) is 0.507. The number of rotatable bonds is 2. The van der Waals surface area contributed by atoms with Crippen molar-refractivity contribution in [3.63, 3.8) is 0 Å². The van der Waals surface area contributed by atoms with E-state index in [1.54, 1.807) is 16.8 Å². The first-order valence-electron chi connectivity index (χ1n) is 5.57. The van der Waals surface area contributed by atoms with Gasteiger partial charge >= 0.3 is 0 Å². The molecule has 0 aliphatic heterocycles. The van der Waals surface area contributed by atoms with E-state index in [0.717, 1.165) is 16.8 Å². The Morgan fingerprint density at radius 1 is 1.22 bits per heavy atom. The van der Waals surface area contributed by atoms with Crippen molar-refractivity contribution in [2.24, 2.45) is 5.73 Å². The van der Waals surface area contributed by atoms with E-state index in [4.69, 9.17) is 17.3 Å². The maximum Gasteiger partial charge on any atom is 0.182 e. The van der Waals surface area contributed by atoms with Crippen molar-refractivity contribution in [1.82, 2.24) is 14.6 Å². The van der Waals surface area contributed by atoms with E-state index in [1.807, 2.05) is 30.3 Å². The van der Waals surface area contributed by atoms with Crippen LogP contribution in [0, 0.1) is 0 Å². The Labute approximate surface area is 109 Å². The van der Waals surface area contributed by atoms with Gasteiger partial charge in [0.25, 0.3) is 0 Å². The second-order valence-corrected chi connectivity index (χ2v) is 4.43. The van der Waals surface area contributed by atoms with Crippen molar-refractivity contribution in [1.29, 1.82) is 0 Å². The molecule has 0 saturated carbocycles. The van der Waals surface area contributed by atoms with Gasteiger partial charge < -0.3 is 5.73 Å². The number of aromatic nitrogens is 3. The summed E-state index contributed by atoms with van der Waals surface area (Å²) in [6.07, 6.45) is 1.74. The summed E-state index contributed by atoms with van der Waals surface area (Å²) in [5, 5.41) is 5.03. The van der Waals surface area contributed by atoms with Crippen LogP contribution in [0.3, 0.4) is 0 Å². The highest BCUT2D eigenvalue weighted by atomic mass is 35.5. The van der Waals surface area contributed by atoms with E-state index in [2.05, 4.69) is 10.1 Å². The molecule has 1 aromatic carbocycles. The maximum absolute atomic E-state index is 5.92. The van der Waals surface area contributed by atoms with Crippen LogP contribution in [0.15, 0.2) is 42.6 Å². The van der Waals surface area contributed by atoms with Crippen molar-refractivity contribution in [2.75, 3.05) is 0 Å². The van der Waals surface area contributed by atoms with Crippen molar-refractivity contribution < 1.29 is 0 Å². The fourth-order valence-electron chi connectivity index (χ4n) is 1.82. The lowest BCUT2D eigenvalue weighted by Gasteiger charge is -1.98. The molecule has 0 aliphatic rings. The molecule has 0 fully saturated rings. The lowest BCUT2D eigenvalue weighted by molar-refractivity contribution is 0.965. The molecule has 2 N–H and O–H groups in total. The zero-order chi connectivity index (χ0) is 12.5. The third-order valence-electron chi connectivity index (χ3n) is 2.72. The van der Waals surface area contributed by atoms with Crippen LogP contribution in [0.25, 0.3) is 17.0 Å². The molecule has 2 heterocycles. The highest BCUT2D eigenvalue weighted by Gasteiger charge is 2.06. The summed E-state index contributed by atoms with van der Waals surface area (Å²) in [4.78, 5) is 4.45. The standard InChI is InChI=1S/C13H11ClN4/c14-11-4-5-12-16-13(17-18(12)8-11)10-3-1-2-9(6-10)7-15/h1-6,8H,7,15H2. The highest BCUT2D eigenvalue weighted by molar-refractivity contribution is 6.30. The van der Waals surface area contributed by atoms with Gasteiger partial charge in [-0.3, -0.25) is 0 Å². The fraction of sp³-hybridized carbons (Fsp3) is 0.0769. The van der Waals surface area contributed by atoms with Crippen LogP contribution in [-0.4, -0.2) is 14.6 Å². The van der Waals surface area contributed by atoms with E-state index in [0.29, 0.717) is 17.4 Å². The Morgan fingerprint density at radius 3 is 2.94 bits per heavy atom. The molecule has 0 radical (unpaired) electrons. The van der Waals surface area contributed by atoms with Gasteiger partial charge in [0, 0.05) is 18.3 Å². The highest BCUT2D eigenvalue weighted by Crippen LogP contribution is 2.18. The number of benzene rings is 1. The Morgan fingerprint density at radius 2 is 2.11 bits per heavy atom. The first-order valence-corrected chi connectivity index (χ1v) is 5.95. The molecular weight excluding hydrogens is 248 g/mol. The van der Waals surface area contributed by atoms with Gasteiger partial charge in [-0.05, 0) is 23.8 Å². The summed E-state index contributed by atoms with van der Waals surface area (Å²) in [7, 11) is 0. The molecule has 90 valence electrons. The van der Waals surface area contributed by atoms with Crippen LogP contribution in [-0.2, 0) is 6.54 Å². The zero-order valence-corrected chi connectivity index (χ0v) is 10.3. The quantitative estimate of drug-likeness (QED) is 0.768. The minimum absolute atomic E-state index is 0.507. The number of hydrogen-bond acceptors (Lipinski definition) is 3. The van der Waals surface area contributed by atoms with Gasteiger partial charge in [-0.25, -0.2) is 9.50 Å². The van der Waals surface area contributed by atoms with Gasteiger partial charge in [-0.2, -0.15) is 0 Å². The molecule has 0 amide bonds. The van der Waals surface area contributed by atoms with E-state index >= 15 is 0 Å². The predicted molar refractivity (Wildman–Crippen MR) is 71.3 cm³/mol. The minimum atomic E-state index is 0.507. The van der Waals surface area contributed by atoms with Crippen LogP contribution in [0.5, 0.6) is 0 Å². The number of fused-ring (bicyclic) bond motifs is 1. The van der Waals surface area contributed by atoms with Gasteiger partial charge in [0.1, 0.15) is 0 Å². The van der Waals surface area contributed by atoms with Gasteiger partial charge in [-0.1, -0.05) is 29.8 Å². The van der Waals surface area contributed by atoms with E-state index in [1.165, 1.54) is 0 Å². The summed E-state index contributed by atoms with van der Waals surface area (Å²) in [5.41, 5.74) is 8.42. The Hall–Kier alpha value is -1.91. The van der Waals surface area contributed by atoms with Crippen LogP contribution in [0.1, 0.15) is 5.56 Å². The monoisotopic (exact) mass is 258 g/mol. The molecule has 0 spiro atoms. The Kier molecular flexibility index (Phi) is 2.74. The molecule has 5 heteroatoms. The van der Waals surface area contributed by atoms with Crippen LogP contribution < -0.4 is 5.73 Å². The lowest BCUT2D eigenvalue weighted by atomic mass is 10.1. The van der Waals surface area contributed by atoms with Gasteiger partial charge in [0.15, 0.2) is 11.5 Å². The van der Waals surface area contributed by atoms with Crippen molar-refractivity contribution in [3.05, 3.63) is 53.2 Å². The number of pyridine rings is 1. The van der Waals surface area contributed by atoms with Crippen molar-refractivity contribution >= 4 is 17.2 Å². The number of hydrogen-bond donors (Lipinski definition) is 1. The molecule has 2 aromatic heterocycles. The second kappa shape index (κ2) is 4.40. The van der Waals surface area contributed by atoms with Crippen LogP contribution >= 0.6 is 11.6 Å². The lowest BCUT2D eigenvalue weighted by Crippen LogP contribution is -1.96. The Bertz CT molecular complexity index is 705. The smallest absolute Gasteiger partial charge is 0.182 e. The largest absolute Gasteiger partial charge is 0.326 e. The molecule has 0 atom stereocenters. The van der Waals surface area contributed by atoms with Crippen molar-refractivity contribution in [2.45, 2.75) is 6.54 Å². The molecule has 0 saturated heterocycles. The molecule has 3 aromatic rings. The molecule has 0 bridgehead atoms. The third kappa shape index (κ3) is 1.96. The average Bonchev–Trinajstić information content (AvgIpc) is 2.81. The van der Waals surface area contributed by atoms with Gasteiger partial charge in [0.2, 0.25) is 0 Å². The molecule has 0 aliphatic carbocycles. The van der Waals surface area contributed by atoms with E-state index in [-0.39, 0.29) is 0 Å². The summed E-state index contributed by atoms with van der Waals surface area (Å²) in [5.74, 6) is 0.674. The Balaban J connectivity index is 2.13. The molecular formula is C13H11ClN4. The molecule has 4 nitrogen and oxygen atoms in total. The van der Waals surface area contributed by atoms with Gasteiger partial charge in [-0.15, -0.1) is 5.10 Å². The first-order chi connectivity index (χ1) is 8.76. The second-order valence-electron chi connectivity index (χ2n) is 3.99. The van der Waals surface area contributed by atoms with E-state index in [9.17, 15) is 0 Å². The number of nitrogens with two attached hydrogens (primary N) is 1. The number of halogens is 1. The number of nitrogens with zero attached hydrogens (tertiary/aromatic N) is 3. The first kappa shape index (κ1) is 11.2. The summed E-state index contributed by atoms with van der Waals surface area (Å²) >= 11 is 5.92. The van der Waals surface area contributed by atoms with Crippen molar-refractivity contribution in [3.8, 4) is 11.4 Å². The zero-order valence-electron chi connectivity index (χ0n) is 9.55. The average molecular weight is 259 g/mol. The minimum Gasteiger partial charge on any atom is -0.326 e. The van der Waals surface area contributed by atoms with Gasteiger partial charge in [0.05, 0.1) is 5.02 Å². The normalized spacial score (nSPS) is 11.0. The fourth-order valence-corrected chi connectivity index (χ4v) is 1.97. The van der Waals surface area contributed by atoms with E-state index < -0.39 is 0 Å². The topological polar surface area (TPSA) is 56.2 Å². The predicted octanol–water partition coefficient (Wildman–Crippen LogP) is 2.51. The summed E-state index contributed by atoms with van der Waals surface area (Å²) < 4.78 is 1.67. The molecule has 18 heavy (non-hydrogen) atoms. The molecule has 3 rings (SSSR count). The SMILES string of the molecule is NCc1cccc(-c2nc3ccc(Cl)cn3n2)c1. The van der Waals surface area contributed by atoms with Crippen LogP contribution in [0.4, 0.5) is 0 Å². The molecule has 0 unspecified atom stereocenters. The third-order valence-corrected chi connectivity index (χ3v) is 2.94.